The van der Waals surface area contributed by atoms with Crippen LogP contribution < -0.4 is 4.90 Å². The standard InChI is InChI=1S/C16H20BrNO2/c1-11(2)10-18-7-3-4-12(16(19)20)8-13-9-14(17)5-6-15(13)18/h5-6,8-9,11H,3-4,7,10H2,1-2H3,(H,19,20)/b12-8+. The smallest absolute Gasteiger partial charge is 0.331 e. The van der Waals surface area contributed by atoms with Crippen LogP contribution in [0.4, 0.5) is 5.69 Å². The average molecular weight is 338 g/mol. The normalized spacial score (nSPS) is 18.0. The lowest BCUT2D eigenvalue weighted by Gasteiger charge is -2.30. The molecule has 4 heteroatoms. The average Bonchev–Trinajstić information content (AvgIpc) is 2.33. The summed E-state index contributed by atoms with van der Waals surface area (Å²) in [6, 6.07) is 6.09. The number of halogens is 1. The molecule has 0 aromatic heterocycles. The number of anilines is 1. The highest BCUT2D eigenvalue weighted by Gasteiger charge is 2.18. The van der Waals surface area contributed by atoms with Gasteiger partial charge in [-0.2, -0.15) is 0 Å². The molecule has 1 heterocycles. The molecule has 2 rings (SSSR count). The van der Waals surface area contributed by atoms with Crippen LogP contribution in [-0.4, -0.2) is 24.2 Å². The molecule has 1 N–H and O–H groups in total. The van der Waals surface area contributed by atoms with Gasteiger partial charge >= 0.3 is 5.97 Å². The molecule has 0 amide bonds. The van der Waals surface area contributed by atoms with E-state index in [1.165, 1.54) is 0 Å². The molecule has 3 nitrogen and oxygen atoms in total. The molecular weight excluding hydrogens is 318 g/mol. The number of nitrogens with zero attached hydrogens (tertiary/aromatic N) is 1. The second-order valence-corrected chi connectivity index (χ2v) is 6.54. The first kappa shape index (κ1) is 15.1. The number of fused-ring (bicyclic) bond motifs is 1. The molecule has 0 saturated heterocycles. The van der Waals surface area contributed by atoms with Crippen LogP contribution in [0.1, 0.15) is 32.3 Å². The fourth-order valence-electron chi connectivity index (χ4n) is 2.57. The maximum absolute atomic E-state index is 11.3. The van der Waals surface area contributed by atoms with Crippen molar-refractivity contribution in [2.75, 3.05) is 18.0 Å². The van der Waals surface area contributed by atoms with Crippen molar-refractivity contribution >= 4 is 33.7 Å². The number of carboxylic acid groups (broad SMARTS) is 1. The van der Waals surface area contributed by atoms with Crippen LogP contribution in [0.2, 0.25) is 0 Å². The predicted molar refractivity (Wildman–Crippen MR) is 86.0 cm³/mol. The van der Waals surface area contributed by atoms with E-state index in [9.17, 15) is 9.90 Å². The number of hydrogen-bond donors (Lipinski definition) is 1. The van der Waals surface area contributed by atoms with Crippen molar-refractivity contribution < 1.29 is 9.90 Å². The van der Waals surface area contributed by atoms with Crippen molar-refractivity contribution in [1.29, 1.82) is 0 Å². The number of rotatable bonds is 3. The Labute approximate surface area is 128 Å². The Morgan fingerprint density at radius 1 is 1.45 bits per heavy atom. The quantitative estimate of drug-likeness (QED) is 0.899. The van der Waals surface area contributed by atoms with E-state index < -0.39 is 5.97 Å². The van der Waals surface area contributed by atoms with E-state index in [1.54, 1.807) is 0 Å². The van der Waals surface area contributed by atoms with Gasteiger partial charge in [0.05, 0.1) is 0 Å². The van der Waals surface area contributed by atoms with Gasteiger partial charge in [-0.05, 0) is 48.6 Å². The monoisotopic (exact) mass is 337 g/mol. The van der Waals surface area contributed by atoms with Crippen molar-refractivity contribution in [3.63, 3.8) is 0 Å². The summed E-state index contributed by atoms with van der Waals surface area (Å²) in [6.07, 6.45) is 3.31. The van der Waals surface area contributed by atoms with Crippen molar-refractivity contribution in [3.05, 3.63) is 33.8 Å². The Morgan fingerprint density at radius 3 is 2.85 bits per heavy atom. The van der Waals surface area contributed by atoms with E-state index in [2.05, 4.69) is 40.7 Å². The van der Waals surface area contributed by atoms with E-state index >= 15 is 0 Å². The molecule has 0 fully saturated rings. The first-order valence-electron chi connectivity index (χ1n) is 6.95. The van der Waals surface area contributed by atoms with Gasteiger partial charge in [0.25, 0.3) is 0 Å². The van der Waals surface area contributed by atoms with Gasteiger partial charge in [0.15, 0.2) is 0 Å². The van der Waals surface area contributed by atoms with Crippen molar-refractivity contribution in [3.8, 4) is 0 Å². The molecule has 0 spiro atoms. The van der Waals surface area contributed by atoms with Crippen LogP contribution in [-0.2, 0) is 4.79 Å². The summed E-state index contributed by atoms with van der Waals surface area (Å²) in [7, 11) is 0. The SMILES string of the molecule is CC(C)CN1CCC/C(C(=O)O)=C\c2cc(Br)ccc21. The molecule has 1 aromatic rings. The van der Waals surface area contributed by atoms with E-state index in [0.29, 0.717) is 17.9 Å². The number of carbonyl (C=O) groups is 1. The molecule has 0 saturated carbocycles. The van der Waals surface area contributed by atoms with Gasteiger partial charge in [0, 0.05) is 28.8 Å². The predicted octanol–water partition coefficient (Wildman–Crippen LogP) is 4.17. The highest BCUT2D eigenvalue weighted by Crippen LogP contribution is 2.30. The van der Waals surface area contributed by atoms with E-state index in [1.807, 2.05) is 18.2 Å². The van der Waals surface area contributed by atoms with Crippen molar-refractivity contribution in [1.82, 2.24) is 0 Å². The third kappa shape index (κ3) is 3.63. The van der Waals surface area contributed by atoms with Gasteiger partial charge in [0.2, 0.25) is 0 Å². The fraction of sp³-hybridized carbons (Fsp3) is 0.438. The third-order valence-electron chi connectivity index (χ3n) is 3.39. The summed E-state index contributed by atoms with van der Waals surface area (Å²) >= 11 is 3.47. The van der Waals surface area contributed by atoms with Crippen molar-refractivity contribution in [2.45, 2.75) is 26.7 Å². The van der Waals surface area contributed by atoms with Crippen LogP contribution >= 0.6 is 15.9 Å². The minimum absolute atomic E-state index is 0.494. The Bertz CT molecular complexity index is 537. The van der Waals surface area contributed by atoms with Gasteiger partial charge in [0.1, 0.15) is 0 Å². The minimum atomic E-state index is -0.812. The molecule has 1 aliphatic rings. The van der Waals surface area contributed by atoms with E-state index in [0.717, 1.165) is 35.2 Å². The Kier molecular flexibility index (Phi) is 4.86. The molecule has 0 aliphatic carbocycles. The third-order valence-corrected chi connectivity index (χ3v) is 3.89. The van der Waals surface area contributed by atoms with Crippen LogP contribution in [0.25, 0.3) is 6.08 Å². The maximum atomic E-state index is 11.3. The molecule has 108 valence electrons. The molecule has 0 unspecified atom stereocenters. The maximum Gasteiger partial charge on any atom is 0.331 e. The Hall–Kier alpha value is -1.29. The van der Waals surface area contributed by atoms with Gasteiger partial charge in [-0.3, -0.25) is 0 Å². The summed E-state index contributed by atoms with van der Waals surface area (Å²) in [5.74, 6) is -0.234. The number of benzene rings is 1. The zero-order valence-corrected chi connectivity index (χ0v) is 13.5. The fourth-order valence-corrected chi connectivity index (χ4v) is 2.95. The van der Waals surface area contributed by atoms with Gasteiger partial charge in [-0.1, -0.05) is 29.8 Å². The Morgan fingerprint density at radius 2 is 2.20 bits per heavy atom. The van der Waals surface area contributed by atoms with Gasteiger partial charge in [-0.15, -0.1) is 0 Å². The molecule has 1 aliphatic heterocycles. The lowest BCUT2D eigenvalue weighted by atomic mass is 10.0. The largest absolute Gasteiger partial charge is 0.478 e. The van der Waals surface area contributed by atoms with Crippen LogP contribution in [0.3, 0.4) is 0 Å². The first-order chi connectivity index (χ1) is 9.47. The summed E-state index contributed by atoms with van der Waals surface area (Å²) in [5.41, 5.74) is 2.60. The molecule has 0 bridgehead atoms. The lowest BCUT2D eigenvalue weighted by molar-refractivity contribution is -0.132. The van der Waals surface area contributed by atoms with Gasteiger partial charge < -0.3 is 10.0 Å². The zero-order chi connectivity index (χ0) is 14.7. The topological polar surface area (TPSA) is 40.5 Å². The van der Waals surface area contributed by atoms with Crippen LogP contribution in [0.15, 0.2) is 28.2 Å². The summed E-state index contributed by atoms with van der Waals surface area (Å²) in [6.45, 7) is 6.30. The number of hydrogen-bond acceptors (Lipinski definition) is 2. The highest BCUT2D eigenvalue weighted by molar-refractivity contribution is 9.10. The zero-order valence-electron chi connectivity index (χ0n) is 11.9. The second-order valence-electron chi connectivity index (χ2n) is 5.62. The van der Waals surface area contributed by atoms with E-state index in [-0.39, 0.29) is 0 Å². The summed E-state index contributed by atoms with van der Waals surface area (Å²) in [4.78, 5) is 13.6. The van der Waals surface area contributed by atoms with Crippen LogP contribution in [0.5, 0.6) is 0 Å². The van der Waals surface area contributed by atoms with Crippen LogP contribution in [0, 0.1) is 5.92 Å². The van der Waals surface area contributed by atoms with E-state index in [4.69, 9.17) is 0 Å². The minimum Gasteiger partial charge on any atom is -0.478 e. The summed E-state index contributed by atoms with van der Waals surface area (Å²) < 4.78 is 0.974. The number of carboxylic acids is 1. The second kappa shape index (κ2) is 6.44. The molecule has 1 aromatic carbocycles. The molecule has 0 radical (unpaired) electrons. The highest BCUT2D eigenvalue weighted by atomic mass is 79.9. The molecule has 20 heavy (non-hydrogen) atoms. The lowest BCUT2D eigenvalue weighted by Crippen LogP contribution is -2.30. The number of aliphatic carboxylic acids is 1. The summed E-state index contributed by atoms with van der Waals surface area (Å²) in [5, 5.41) is 9.27. The molecular formula is C16H20BrNO2. The molecule has 0 atom stereocenters. The van der Waals surface area contributed by atoms with Gasteiger partial charge in [-0.25, -0.2) is 4.79 Å². The Balaban J connectivity index is 2.47. The van der Waals surface area contributed by atoms with Crippen molar-refractivity contribution in [2.24, 2.45) is 5.92 Å². The first-order valence-corrected chi connectivity index (χ1v) is 7.75.